The largest absolute Gasteiger partial charge is 0.471 e. The van der Waals surface area contributed by atoms with Crippen LogP contribution in [0.1, 0.15) is 73.5 Å². The molecule has 2 aromatic heterocycles. The molecule has 30 nitrogen and oxygen atoms in total. The zero-order valence-electron chi connectivity index (χ0n) is 59.4. The van der Waals surface area contributed by atoms with E-state index in [0.717, 1.165) is 17.7 Å². The average molecular weight is 1530 g/mol. The van der Waals surface area contributed by atoms with Crippen LogP contribution in [0.25, 0.3) is 11.2 Å². The molecule has 100 heavy (non-hydrogen) atoms. The van der Waals surface area contributed by atoms with Gasteiger partial charge in [0.05, 0.1) is 71.3 Å². The van der Waals surface area contributed by atoms with Gasteiger partial charge in [0.2, 0.25) is 5.91 Å². The van der Waals surface area contributed by atoms with E-state index >= 15 is 4.39 Å². The molecule has 7 heterocycles. The first-order valence-corrected chi connectivity index (χ1v) is 47.7. The number of aliphatic hydroxyl groups excluding tert-OH is 1. The van der Waals surface area contributed by atoms with Gasteiger partial charge in [0.25, 0.3) is 5.56 Å². The molecule has 0 bridgehead atoms. The maximum Gasteiger partial charge on any atom is 0.471 e. The van der Waals surface area contributed by atoms with Gasteiger partial charge < -0.3 is 72.1 Å². The van der Waals surface area contributed by atoms with E-state index in [1.54, 1.807) is 6.20 Å². The third kappa shape index (κ3) is 22.2. The number of halogens is 4. The summed E-state index contributed by atoms with van der Waals surface area (Å²) in [5.41, 5.74) is 1.64. The highest BCUT2D eigenvalue weighted by atomic mass is 32.5. The molecule has 4 amide bonds. The molecule has 2 aromatic rings. The van der Waals surface area contributed by atoms with Crippen LogP contribution in [0.5, 0.6) is 0 Å². The topological polar surface area (TPSA) is 333 Å². The highest BCUT2D eigenvalue weighted by molar-refractivity contribution is 8.07. The number of carbonyl (C=O) groups excluding carboxylic acids is 4. The van der Waals surface area contributed by atoms with Crippen LogP contribution < -0.4 is 16.2 Å². The van der Waals surface area contributed by atoms with E-state index in [1.807, 2.05) is 33.9 Å². The lowest BCUT2D eigenvalue weighted by atomic mass is 10.0. The molecule has 0 aromatic carbocycles. The summed E-state index contributed by atoms with van der Waals surface area (Å²) in [5, 5.41) is 26.8. The van der Waals surface area contributed by atoms with Crippen LogP contribution in [0.15, 0.2) is 50.6 Å². The second-order valence-corrected chi connectivity index (χ2v) is 48.4. The standard InChI is InChI=1S/C54H85F4N11O18P2SSi3.C6H15N/c1-53(2,3)93(10,11)87-44-37(27-70)83-49(67-31-60-42-46(67)61-30-65(47(42)72)17-18-78-32-62-39(71)24-59-51(74)79-19-21-91(4,5)6)45(44)86-89(90,81-28-35-13-12-16-66(35)50(73)54(56,57)58)82-29-38-43(85-88(76)77)41(55)48(84-38)68-25-33-14-15-34-26-69(63-23-36(64-68)40(33)34)52(75)80-20-22-92(7,8)9;1-4-7(5-2)6-3/h23,25,30-31,35,37-38,41,43-45,48-49,70,88H,12-22,24,26-29,32H2,1-11H3,(H,59,74)(H,62,71)(H,76,77);4-6H2,1-3H3/t35-,37+,38+,41+,43+,44+,45+,48+,49+,89-;/m0./s1. The molecular formula is C60H100F4N12O18P2SSi3. The van der Waals surface area contributed by atoms with Crippen molar-refractivity contribution in [2.45, 2.75) is 205 Å². The number of amides is 4. The van der Waals surface area contributed by atoms with Gasteiger partial charge in [-0.05, 0) is 98.5 Å². The van der Waals surface area contributed by atoms with Gasteiger partial charge in [-0.1, -0.05) is 80.8 Å². The summed E-state index contributed by atoms with van der Waals surface area (Å²) < 4.78 is 135. The van der Waals surface area contributed by atoms with Gasteiger partial charge in [0, 0.05) is 34.5 Å². The number of nitrogens with one attached hydrogen (secondary N) is 2. The molecule has 0 spiro atoms. The van der Waals surface area contributed by atoms with Crippen molar-refractivity contribution in [3.05, 3.63) is 45.9 Å². The van der Waals surface area contributed by atoms with Crippen molar-refractivity contribution in [3.63, 3.8) is 0 Å². The highest BCUT2D eigenvalue weighted by Gasteiger charge is 2.56. The molecule has 3 fully saturated rings. The van der Waals surface area contributed by atoms with Crippen molar-refractivity contribution in [1.29, 1.82) is 0 Å². The molecule has 4 N–H and O–H groups in total. The van der Waals surface area contributed by atoms with Crippen molar-refractivity contribution < 1.29 is 97.5 Å². The number of ether oxygens (including phenoxy) is 5. The number of fused-ring (bicyclic) bond motifs is 1. The highest BCUT2D eigenvalue weighted by Crippen LogP contribution is 2.57. The van der Waals surface area contributed by atoms with Crippen LogP contribution in [0, 0.1) is 0 Å². The van der Waals surface area contributed by atoms with Crippen LogP contribution >= 0.6 is 15.0 Å². The molecule has 6 aliphatic rings. The Bertz CT molecular complexity index is 3440. The first-order chi connectivity index (χ1) is 46.8. The normalized spacial score (nSPS) is 24.4. The zero-order valence-corrected chi connectivity index (χ0v) is 65.1. The van der Waals surface area contributed by atoms with E-state index < -0.39 is 155 Å². The number of rotatable bonds is 31. The minimum Gasteiger partial charge on any atom is -0.450 e. The monoisotopic (exact) mass is 1530 g/mol. The molecule has 40 heteroatoms. The lowest BCUT2D eigenvalue weighted by molar-refractivity contribution is -0.186. The molecule has 11 atom stereocenters. The molecule has 8 rings (SSSR count). The number of imidazole rings is 1. The zero-order chi connectivity index (χ0) is 73.9. The van der Waals surface area contributed by atoms with Crippen LogP contribution in [-0.2, 0) is 78.7 Å². The third-order valence-electron chi connectivity index (χ3n) is 18.0. The Morgan fingerprint density at radius 2 is 1.53 bits per heavy atom. The van der Waals surface area contributed by atoms with E-state index in [2.05, 4.69) is 95.8 Å². The Morgan fingerprint density at radius 1 is 0.870 bits per heavy atom. The number of alkyl carbamates (subject to hydrolysis) is 1. The predicted molar refractivity (Wildman–Crippen MR) is 375 cm³/mol. The van der Waals surface area contributed by atoms with E-state index in [1.165, 1.54) is 57.7 Å². The van der Waals surface area contributed by atoms with E-state index in [4.69, 9.17) is 58.0 Å². The number of allylic oxidation sites excluding steroid dienone is 2. The van der Waals surface area contributed by atoms with E-state index in [9.17, 15) is 51.7 Å². The van der Waals surface area contributed by atoms with Crippen molar-refractivity contribution >= 4 is 98.3 Å². The van der Waals surface area contributed by atoms with Gasteiger partial charge in [0.1, 0.15) is 55.8 Å². The van der Waals surface area contributed by atoms with Crippen molar-refractivity contribution in [3.8, 4) is 0 Å². The Labute approximate surface area is 589 Å². The molecule has 1 aliphatic carbocycles. The van der Waals surface area contributed by atoms with Crippen LogP contribution in [0.4, 0.5) is 27.2 Å². The summed E-state index contributed by atoms with van der Waals surface area (Å²) in [6, 6.07) is 0.285. The fraction of sp³-hybridized carbons (Fsp3) is 0.750. The molecule has 5 aliphatic heterocycles. The average Bonchev–Trinajstić information content (AvgIpc) is 1.61. The smallest absolute Gasteiger partial charge is 0.450 e. The van der Waals surface area contributed by atoms with Crippen LogP contribution in [-0.4, -0.2) is 250 Å². The second kappa shape index (κ2) is 35.4. The molecule has 1 unspecified atom stereocenters. The Kier molecular flexibility index (Phi) is 29.2. The van der Waals surface area contributed by atoms with Crippen molar-refractivity contribution in [2.24, 2.45) is 10.2 Å². The summed E-state index contributed by atoms with van der Waals surface area (Å²) in [5.74, 6) is -2.68. The lowest BCUT2D eigenvalue weighted by Gasteiger charge is -2.41. The fourth-order valence-corrected chi connectivity index (χ4v) is 16.5. The Balaban J connectivity index is 0.00000190. The number of alkyl halides is 4. The molecule has 0 radical (unpaired) electrons. The summed E-state index contributed by atoms with van der Waals surface area (Å²) in [4.78, 5) is 86.5. The third-order valence-corrected chi connectivity index (χ3v) is 28.7. The van der Waals surface area contributed by atoms with Gasteiger partial charge in [-0.2, -0.15) is 28.4 Å². The number of carbonyl (C=O) groups is 4. The van der Waals surface area contributed by atoms with Crippen molar-refractivity contribution in [1.82, 2.24) is 49.6 Å². The maximum absolute atomic E-state index is 17.1. The number of hydrogen-bond acceptors (Lipinski definition) is 24. The summed E-state index contributed by atoms with van der Waals surface area (Å²) >= 11 is 6.17. The minimum atomic E-state index is -5.25. The van der Waals surface area contributed by atoms with Gasteiger partial charge in [-0.15, -0.1) is 0 Å². The number of nitrogens with zero attached hydrogens (tertiary/aromatic N) is 10. The number of aromatic nitrogens is 4. The fourth-order valence-electron chi connectivity index (χ4n) is 11.2. The summed E-state index contributed by atoms with van der Waals surface area (Å²) in [6.07, 6.45) is -13.0. The molecule has 3 saturated heterocycles. The van der Waals surface area contributed by atoms with E-state index in [0.29, 0.717) is 28.9 Å². The van der Waals surface area contributed by atoms with Crippen molar-refractivity contribution in [2.75, 3.05) is 85.6 Å². The maximum atomic E-state index is 17.1. The van der Waals surface area contributed by atoms with Gasteiger partial charge >= 0.3 is 39.2 Å². The van der Waals surface area contributed by atoms with Gasteiger partial charge in [-0.25, -0.2) is 29.0 Å². The number of hydrogen-bond donors (Lipinski definition) is 4. The summed E-state index contributed by atoms with van der Waals surface area (Å²) in [7, 11) is -9.85. The van der Waals surface area contributed by atoms with E-state index in [-0.39, 0.29) is 82.4 Å². The first-order valence-electron chi connectivity index (χ1n) is 33.6. The quantitative estimate of drug-likeness (QED) is 0.0184. The van der Waals surface area contributed by atoms with Gasteiger partial charge in [-0.3, -0.25) is 32.6 Å². The minimum absolute atomic E-state index is 0.0363. The summed E-state index contributed by atoms with van der Waals surface area (Å²) in [6.45, 7) is 25.3. The Morgan fingerprint density at radius 3 is 2.15 bits per heavy atom. The first kappa shape index (κ1) is 82.5. The van der Waals surface area contributed by atoms with Crippen LogP contribution in [0.2, 0.25) is 69.5 Å². The Hall–Kier alpha value is -4.74. The molecular weight excluding hydrogens is 1430 g/mol. The second-order valence-electron chi connectivity index (χ2n) is 28.7. The molecule has 564 valence electrons. The molecule has 0 saturated carbocycles. The SMILES string of the molecule is CC(C)(C)[Si](C)(C)O[C@H]1[C@@H](O[P@](=S)(OC[C@@H]2CCCN2C(=O)C(F)(F)F)OC[C@H]2O[C@@H](N3C=C4CCC5=C4C(=N3)C=NN(C(=O)OCC[Si](C)(C)C)C5)[C@H](F)[C@@H]2O[PH](=O)O)[C@H](n2cnc3c(=O)n(CCOCNC(=O)CNC(=O)OCC[Si](C)(C)C)cnc32)O[C@@H]1CO.CCN(CC)CC. The number of likely N-dealkylation sites (tertiary alicyclic amines) is 1. The van der Waals surface area contributed by atoms with Gasteiger partial charge in [0.15, 0.2) is 38.1 Å². The number of hydrazone groups is 2. The predicted octanol–water partition coefficient (Wildman–Crippen LogP) is 7.82. The lowest BCUT2D eigenvalue weighted by Crippen LogP contribution is -2.50. The number of aliphatic hydroxyl groups is 1. The van der Waals surface area contributed by atoms with Crippen LogP contribution in [0.3, 0.4) is 0 Å².